The molecule has 0 bridgehead atoms. The zero-order valence-corrected chi connectivity index (χ0v) is 13.3. The van der Waals surface area contributed by atoms with Crippen molar-refractivity contribution in [3.63, 3.8) is 0 Å². The minimum atomic E-state index is -0.401. The Hall–Kier alpha value is -2.50. The normalized spacial score (nSPS) is 20.7. The van der Waals surface area contributed by atoms with E-state index in [0.717, 1.165) is 36.9 Å². The Labute approximate surface area is 135 Å². The molecule has 0 saturated heterocycles. The molecular formula is C17H22N6. The van der Waals surface area contributed by atoms with E-state index in [9.17, 15) is 0 Å². The van der Waals surface area contributed by atoms with Crippen LogP contribution in [0.15, 0.2) is 34.4 Å². The highest BCUT2D eigenvalue weighted by atomic mass is 15.4. The number of aromatic amines is 1. The van der Waals surface area contributed by atoms with Crippen LogP contribution in [0.2, 0.25) is 0 Å². The fourth-order valence-electron chi connectivity index (χ4n) is 3.93. The van der Waals surface area contributed by atoms with Crippen LogP contribution in [0.1, 0.15) is 37.7 Å². The SMILES string of the molecule is Cc1c[nH]c2c(N3C(N)=NC(N)=NC34CCCCC4)cccc12. The second-order valence-corrected chi connectivity index (χ2v) is 6.49. The monoisotopic (exact) mass is 310 g/mol. The fraction of sp³-hybridized carbons (Fsp3) is 0.412. The predicted octanol–water partition coefficient (Wildman–Crippen LogP) is 2.59. The third-order valence-corrected chi connectivity index (χ3v) is 4.99. The van der Waals surface area contributed by atoms with Gasteiger partial charge in [-0.05, 0) is 44.2 Å². The number of hydrogen-bond acceptors (Lipinski definition) is 5. The van der Waals surface area contributed by atoms with E-state index in [4.69, 9.17) is 16.5 Å². The van der Waals surface area contributed by atoms with Gasteiger partial charge in [0.1, 0.15) is 5.66 Å². The standard InChI is InChI=1S/C17H22N6/c1-11-10-20-14-12(11)6-5-7-13(14)23-16(19)21-15(18)22-17(23)8-3-2-4-9-17/h5-7,10,20H,2-4,8-9H2,1H3,(H4,18,19,21,22). The van der Waals surface area contributed by atoms with E-state index >= 15 is 0 Å². The van der Waals surface area contributed by atoms with Gasteiger partial charge in [-0.2, -0.15) is 4.99 Å². The summed E-state index contributed by atoms with van der Waals surface area (Å²) in [5, 5.41) is 1.20. The zero-order chi connectivity index (χ0) is 16.0. The molecule has 2 heterocycles. The molecule has 1 spiro atoms. The summed E-state index contributed by atoms with van der Waals surface area (Å²) in [5.74, 6) is 0.717. The van der Waals surface area contributed by atoms with E-state index in [0.29, 0.717) is 5.96 Å². The van der Waals surface area contributed by atoms with Crippen LogP contribution >= 0.6 is 0 Å². The first kappa shape index (κ1) is 14.1. The lowest BCUT2D eigenvalue weighted by Gasteiger charge is -2.45. The van der Waals surface area contributed by atoms with Crippen molar-refractivity contribution < 1.29 is 0 Å². The molecule has 1 aromatic carbocycles. The molecule has 6 heteroatoms. The molecule has 2 aromatic rings. The van der Waals surface area contributed by atoms with Crippen molar-refractivity contribution in [1.29, 1.82) is 0 Å². The molecule has 1 aliphatic carbocycles. The number of benzene rings is 1. The molecule has 1 saturated carbocycles. The third kappa shape index (κ3) is 2.09. The second-order valence-electron chi connectivity index (χ2n) is 6.49. The molecule has 1 aromatic heterocycles. The number of para-hydroxylation sites is 1. The summed E-state index contributed by atoms with van der Waals surface area (Å²) < 4.78 is 0. The van der Waals surface area contributed by atoms with Crippen molar-refractivity contribution in [2.75, 3.05) is 4.90 Å². The lowest BCUT2D eigenvalue weighted by molar-refractivity contribution is 0.306. The molecule has 0 radical (unpaired) electrons. The van der Waals surface area contributed by atoms with Gasteiger partial charge in [-0.1, -0.05) is 18.6 Å². The molecule has 0 unspecified atom stereocenters. The molecule has 0 atom stereocenters. The number of nitrogens with one attached hydrogen (secondary N) is 1. The summed E-state index contributed by atoms with van der Waals surface area (Å²) in [6.07, 6.45) is 7.39. The molecule has 1 aliphatic heterocycles. The topological polar surface area (TPSA) is 95.8 Å². The number of H-pyrrole nitrogens is 1. The van der Waals surface area contributed by atoms with Gasteiger partial charge in [0.25, 0.3) is 0 Å². The van der Waals surface area contributed by atoms with Crippen LogP contribution in [0.4, 0.5) is 5.69 Å². The third-order valence-electron chi connectivity index (χ3n) is 4.99. The summed E-state index contributed by atoms with van der Waals surface area (Å²) in [4.78, 5) is 14.4. The molecule has 23 heavy (non-hydrogen) atoms. The number of fused-ring (bicyclic) bond motifs is 1. The Morgan fingerprint density at radius 3 is 2.74 bits per heavy atom. The summed E-state index contributed by atoms with van der Waals surface area (Å²) in [5.41, 5.74) is 15.2. The highest BCUT2D eigenvalue weighted by Gasteiger charge is 2.43. The van der Waals surface area contributed by atoms with E-state index in [1.165, 1.54) is 17.4 Å². The summed E-state index contributed by atoms with van der Waals surface area (Å²) in [6, 6.07) is 6.26. The van der Waals surface area contributed by atoms with Gasteiger partial charge in [0.05, 0.1) is 11.2 Å². The zero-order valence-electron chi connectivity index (χ0n) is 13.3. The highest BCUT2D eigenvalue weighted by Crippen LogP contribution is 2.41. The highest BCUT2D eigenvalue weighted by molar-refractivity contribution is 6.09. The first-order chi connectivity index (χ1) is 11.1. The first-order valence-electron chi connectivity index (χ1n) is 8.17. The average molecular weight is 310 g/mol. The number of aryl methyl sites for hydroxylation is 1. The number of anilines is 1. The van der Waals surface area contributed by atoms with Gasteiger partial charge in [0.15, 0.2) is 0 Å². The van der Waals surface area contributed by atoms with Gasteiger partial charge < -0.3 is 16.5 Å². The number of hydrogen-bond donors (Lipinski definition) is 3. The maximum atomic E-state index is 6.31. The van der Waals surface area contributed by atoms with Gasteiger partial charge in [-0.3, -0.25) is 4.90 Å². The van der Waals surface area contributed by atoms with Crippen LogP contribution in [0.5, 0.6) is 0 Å². The minimum Gasteiger partial charge on any atom is -0.369 e. The summed E-state index contributed by atoms with van der Waals surface area (Å²) >= 11 is 0. The minimum absolute atomic E-state index is 0.287. The van der Waals surface area contributed by atoms with Gasteiger partial charge in [0.2, 0.25) is 11.9 Å². The smallest absolute Gasteiger partial charge is 0.220 e. The number of rotatable bonds is 1. The Morgan fingerprint density at radius 2 is 1.96 bits per heavy atom. The first-order valence-corrected chi connectivity index (χ1v) is 8.17. The number of aromatic nitrogens is 1. The molecule has 0 amide bonds. The predicted molar refractivity (Wildman–Crippen MR) is 94.6 cm³/mol. The molecule has 4 rings (SSSR count). The maximum absolute atomic E-state index is 6.31. The van der Waals surface area contributed by atoms with Crippen LogP contribution < -0.4 is 16.4 Å². The number of nitrogens with zero attached hydrogens (tertiary/aromatic N) is 3. The van der Waals surface area contributed by atoms with Gasteiger partial charge >= 0.3 is 0 Å². The van der Waals surface area contributed by atoms with Crippen molar-refractivity contribution >= 4 is 28.5 Å². The van der Waals surface area contributed by atoms with Crippen molar-refractivity contribution in [2.24, 2.45) is 21.5 Å². The fourth-order valence-corrected chi connectivity index (χ4v) is 3.93. The number of nitrogens with two attached hydrogens (primary N) is 2. The Kier molecular flexibility index (Phi) is 3.07. The molecule has 2 aliphatic rings. The van der Waals surface area contributed by atoms with Crippen LogP contribution in [-0.2, 0) is 0 Å². The van der Waals surface area contributed by atoms with E-state index in [1.54, 1.807) is 0 Å². The number of aliphatic imine (C=N–C) groups is 2. The van der Waals surface area contributed by atoms with E-state index in [2.05, 4.69) is 40.0 Å². The Bertz CT molecular complexity index is 810. The Morgan fingerprint density at radius 1 is 1.17 bits per heavy atom. The maximum Gasteiger partial charge on any atom is 0.220 e. The largest absolute Gasteiger partial charge is 0.369 e. The lowest BCUT2D eigenvalue weighted by atomic mass is 9.87. The van der Waals surface area contributed by atoms with Crippen LogP contribution in [0.25, 0.3) is 10.9 Å². The Balaban J connectivity index is 1.92. The quantitative estimate of drug-likeness (QED) is 0.755. The van der Waals surface area contributed by atoms with E-state index in [1.807, 2.05) is 6.20 Å². The molecule has 1 fully saturated rings. The second kappa shape index (κ2) is 5.01. The molecule has 6 nitrogen and oxygen atoms in total. The van der Waals surface area contributed by atoms with Crippen LogP contribution in [0.3, 0.4) is 0 Å². The van der Waals surface area contributed by atoms with Gasteiger partial charge in [0, 0.05) is 11.6 Å². The van der Waals surface area contributed by atoms with E-state index in [-0.39, 0.29) is 5.96 Å². The molecule has 5 N–H and O–H groups in total. The summed E-state index contributed by atoms with van der Waals surface area (Å²) in [7, 11) is 0. The van der Waals surface area contributed by atoms with Gasteiger partial charge in [-0.25, -0.2) is 4.99 Å². The molecular weight excluding hydrogens is 288 g/mol. The molecule has 120 valence electrons. The van der Waals surface area contributed by atoms with Crippen molar-refractivity contribution in [1.82, 2.24) is 4.98 Å². The van der Waals surface area contributed by atoms with Crippen LogP contribution in [0, 0.1) is 6.92 Å². The van der Waals surface area contributed by atoms with E-state index < -0.39 is 5.66 Å². The van der Waals surface area contributed by atoms with Crippen molar-refractivity contribution in [2.45, 2.75) is 44.7 Å². The van der Waals surface area contributed by atoms with Crippen molar-refractivity contribution in [3.05, 3.63) is 30.0 Å². The number of guanidine groups is 2. The lowest BCUT2D eigenvalue weighted by Crippen LogP contribution is -2.58. The van der Waals surface area contributed by atoms with Crippen molar-refractivity contribution in [3.8, 4) is 0 Å². The average Bonchev–Trinajstić information content (AvgIpc) is 2.90. The van der Waals surface area contributed by atoms with Gasteiger partial charge in [-0.15, -0.1) is 0 Å². The summed E-state index contributed by atoms with van der Waals surface area (Å²) in [6.45, 7) is 2.10. The van der Waals surface area contributed by atoms with Crippen LogP contribution in [-0.4, -0.2) is 22.6 Å².